The van der Waals surface area contributed by atoms with Crippen LogP contribution in [0.15, 0.2) is 0 Å². The van der Waals surface area contributed by atoms with Crippen molar-refractivity contribution in [2.24, 2.45) is 0 Å². The van der Waals surface area contributed by atoms with Crippen LogP contribution >= 0.6 is 0 Å². The van der Waals surface area contributed by atoms with E-state index in [0.29, 0.717) is 0 Å². The fourth-order valence-corrected chi connectivity index (χ4v) is 0.642. The summed E-state index contributed by atoms with van der Waals surface area (Å²) in [7, 11) is 0. The maximum Gasteiger partial charge on any atom is 1.00 e. The van der Waals surface area contributed by atoms with Crippen LogP contribution in [-0.2, 0) is 0 Å². The molecule has 1 rings (SSSR count). The van der Waals surface area contributed by atoms with Crippen molar-refractivity contribution in [3.8, 4) is 23.6 Å². The number of H-pyrrole nitrogens is 1. The number of hydrogen-bond acceptors (Lipinski definition) is 4. The van der Waals surface area contributed by atoms with Crippen LogP contribution in [0.1, 0.15) is 14.2 Å². The Bertz CT molecular complexity index is 348. The van der Waals surface area contributed by atoms with E-state index >= 15 is 0 Å². The molecule has 0 amide bonds. The topological polar surface area (TPSA) is 104 Å². The van der Waals surface area contributed by atoms with Gasteiger partial charge < -0.3 is 18.1 Å². The normalized spacial score (nSPS) is 7.23. The van der Waals surface area contributed by atoms with Crippen molar-refractivity contribution in [2.45, 2.75) is 0 Å². The predicted octanol–water partition coefficient (Wildman–Crippen LogP) is -5.60. The minimum absolute atomic E-state index is 0. The largest absolute Gasteiger partial charge is 1.00 e. The van der Waals surface area contributed by atoms with E-state index < -0.39 is 11.5 Å². The third-order valence-corrected chi connectivity index (χ3v) is 1.17. The summed E-state index contributed by atoms with van der Waals surface area (Å²) in [6, 6.07) is 3.15. The molecule has 3 N–H and O–H groups in total. The summed E-state index contributed by atoms with van der Waals surface area (Å²) >= 11 is 0. The summed E-state index contributed by atoms with van der Waals surface area (Å²) in [6.45, 7) is 0. The van der Waals surface area contributed by atoms with Gasteiger partial charge in [0, 0.05) is 0 Å². The summed E-state index contributed by atoms with van der Waals surface area (Å²) < 4.78 is 0. The standard InChI is InChI=1S/C6H3N3O2.2Na.2H/c7-1-3-5(10)6(11)4(2-8)9-3;;;;/h9-11H;;;;/q;2*+1;2*-1. The van der Waals surface area contributed by atoms with E-state index in [1.54, 1.807) is 12.1 Å². The summed E-state index contributed by atoms with van der Waals surface area (Å²) in [6.07, 6.45) is 0. The number of rotatable bonds is 0. The summed E-state index contributed by atoms with van der Waals surface area (Å²) in [5.41, 5.74) is -0.418. The molecule has 58 valence electrons. The van der Waals surface area contributed by atoms with Gasteiger partial charge in [0.05, 0.1) is 0 Å². The average Bonchev–Trinajstić information content (AvgIpc) is 2.30. The van der Waals surface area contributed by atoms with Crippen LogP contribution in [0.3, 0.4) is 0 Å². The number of aromatic nitrogens is 1. The molecule has 0 unspecified atom stereocenters. The molecule has 0 aromatic carbocycles. The molecule has 7 heteroatoms. The van der Waals surface area contributed by atoms with Crippen LogP contribution in [0, 0.1) is 22.7 Å². The van der Waals surface area contributed by atoms with Crippen LogP contribution in [0.2, 0.25) is 0 Å². The van der Waals surface area contributed by atoms with Gasteiger partial charge in [-0.2, -0.15) is 10.5 Å². The molecule has 0 aliphatic carbocycles. The second-order valence-electron chi connectivity index (χ2n) is 1.80. The van der Waals surface area contributed by atoms with Crippen molar-refractivity contribution < 1.29 is 72.2 Å². The molecule has 13 heavy (non-hydrogen) atoms. The number of aromatic hydroxyl groups is 2. The van der Waals surface area contributed by atoms with E-state index in [0.717, 1.165) is 0 Å². The molecule has 0 bridgehead atoms. The SMILES string of the molecule is N#Cc1[nH]c(C#N)c(O)c1O.[H-].[H-].[Na+].[Na+]. The van der Waals surface area contributed by atoms with Crippen molar-refractivity contribution >= 4 is 0 Å². The average molecular weight is 197 g/mol. The molecular weight excluding hydrogens is 192 g/mol. The summed E-state index contributed by atoms with van der Waals surface area (Å²) in [5, 5.41) is 34.4. The van der Waals surface area contributed by atoms with Crippen LogP contribution in [0.5, 0.6) is 11.5 Å². The Morgan fingerprint density at radius 2 is 1.31 bits per heavy atom. The molecule has 0 saturated heterocycles. The van der Waals surface area contributed by atoms with Crippen LogP contribution in [0.4, 0.5) is 0 Å². The maximum absolute atomic E-state index is 8.89. The van der Waals surface area contributed by atoms with Gasteiger partial charge in [-0.15, -0.1) is 0 Å². The number of nitrogens with zero attached hydrogens (tertiary/aromatic N) is 2. The van der Waals surface area contributed by atoms with E-state index in [9.17, 15) is 0 Å². The molecule has 1 aromatic rings. The Morgan fingerprint density at radius 3 is 1.46 bits per heavy atom. The van der Waals surface area contributed by atoms with Gasteiger partial charge in [0.1, 0.15) is 12.1 Å². The van der Waals surface area contributed by atoms with E-state index in [-0.39, 0.29) is 73.4 Å². The number of aromatic amines is 1. The van der Waals surface area contributed by atoms with E-state index in [1.807, 2.05) is 0 Å². The van der Waals surface area contributed by atoms with Crippen LogP contribution in [0.25, 0.3) is 0 Å². The van der Waals surface area contributed by atoms with Crippen molar-refractivity contribution in [3.63, 3.8) is 0 Å². The first kappa shape index (κ1) is 15.3. The Labute approximate surface area is 122 Å². The third kappa shape index (κ3) is 2.92. The molecule has 1 aromatic heterocycles. The molecule has 0 radical (unpaired) electrons. The Kier molecular flexibility index (Phi) is 7.47. The van der Waals surface area contributed by atoms with E-state index in [1.165, 1.54) is 0 Å². The quantitative estimate of drug-likeness (QED) is 0.361. The van der Waals surface area contributed by atoms with Gasteiger partial charge in [-0.1, -0.05) is 0 Å². The number of nitriles is 2. The molecule has 0 aliphatic rings. The Hall–Kier alpha value is -0.140. The molecule has 0 aliphatic heterocycles. The molecule has 0 atom stereocenters. The van der Waals surface area contributed by atoms with E-state index in [4.69, 9.17) is 20.7 Å². The zero-order valence-electron chi connectivity index (χ0n) is 9.29. The van der Waals surface area contributed by atoms with Gasteiger partial charge in [-0.3, -0.25) is 0 Å². The minimum Gasteiger partial charge on any atom is -1.00 e. The molecule has 0 spiro atoms. The molecule has 0 saturated carbocycles. The predicted molar refractivity (Wildman–Crippen MR) is 35.8 cm³/mol. The molecule has 0 fully saturated rings. The molecule has 5 nitrogen and oxygen atoms in total. The van der Waals surface area contributed by atoms with Crippen molar-refractivity contribution in [2.75, 3.05) is 0 Å². The van der Waals surface area contributed by atoms with E-state index in [2.05, 4.69) is 4.98 Å². The fraction of sp³-hybridized carbons (Fsp3) is 0. The molecule has 1 heterocycles. The monoisotopic (exact) mass is 197 g/mol. The minimum atomic E-state index is -0.580. The van der Waals surface area contributed by atoms with Crippen LogP contribution in [-0.4, -0.2) is 15.2 Å². The number of nitrogens with one attached hydrogen (secondary N) is 1. The fourth-order valence-electron chi connectivity index (χ4n) is 0.642. The zero-order valence-corrected chi connectivity index (χ0v) is 11.3. The Balaban J connectivity index is -0.000000151. The van der Waals surface area contributed by atoms with Gasteiger partial charge in [0.2, 0.25) is 0 Å². The van der Waals surface area contributed by atoms with Crippen LogP contribution < -0.4 is 59.1 Å². The van der Waals surface area contributed by atoms with Gasteiger partial charge in [0.15, 0.2) is 22.9 Å². The van der Waals surface area contributed by atoms with Crippen molar-refractivity contribution in [1.29, 1.82) is 10.5 Å². The van der Waals surface area contributed by atoms with Gasteiger partial charge in [0.25, 0.3) is 0 Å². The second kappa shape index (κ2) is 6.33. The van der Waals surface area contributed by atoms with Gasteiger partial charge in [-0.25, -0.2) is 0 Å². The Morgan fingerprint density at radius 1 is 1.00 bits per heavy atom. The first-order valence-electron chi connectivity index (χ1n) is 2.64. The maximum atomic E-state index is 8.89. The third-order valence-electron chi connectivity index (χ3n) is 1.17. The number of hydrogen-bond donors (Lipinski definition) is 3. The summed E-state index contributed by atoms with van der Waals surface area (Å²) in [4.78, 5) is 2.23. The summed E-state index contributed by atoms with van der Waals surface area (Å²) in [5.74, 6) is -1.16. The zero-order chi connectivity index (χ0) is 8.43. The van der Waals surface area contributed by atoms with Gasteiger partial charge in [-0.05, 0) is 0 Å². The first-order valence-corrected chi connectivity index (χ1v) is 2.64. The molecular formula is C6H5N3Na2O2. The second-order valence-corrected chi connectivity index (χ2v) is 1.80. The first-order chi connectivity index (χ1) is 5.20. The van der Waals surface area contributed by atoms with Gasteiger partial charge >= 0.3 is 59.1 Å². The smallest absolute Gasteiger partial charge is 1.00 e. The van der Waals surface area contributed by atoms with Crippen molar-refractivity contribution in [3.05, 3.63) is 11.4 Å². The van der Waals surface area contributed by atoms with Crippen molar-refractivity contribution in [1.82, 2.24) is 4.98 Å².